The molecule has 0 spiro atoms. The summed E-state index contributed by atoms with van der Waals surface area (Å²) in [6, 6.07) is 26.6. The average Bonchev–Trinajstić information content (AvgIpc) is 3.37. The molecular weight excluding hydrogens is 665 g/mol. The summed E-state index contributed by atoms with van der Waals surface area (Å²) in [6.45, 7) is -0.114. The van der Waals surface area contributed by atoms with Gasteiger partial charge in [-0.05, 0) is 77.6 Å². The van der Waals surface area contributed by atoms with Gasteiger partial charge >= 0.3 is 11.9 Å². The molecular formula is C39H31Cl2NO7. The summed E-state index contributed by atoms with van der Waals surface area (Å²) in [4.78, 5) is 66.2. The summed E-state index contributed by atoms with van der Waals surface area (Å²) >= 11 is 11.8. The maximum absolute atomic E-state index is 13.7. The van der Waals surface area contributed by atoms with Crippen molar-refractivity contribution >= 4 is 52.7 Å². The number of nitrogens with zero attached hydrogens (tertiary/aromatic N) is 1. The molecule has 0 saturated carbocycles. The minimum absolute atomic E-state index is 0.107. The SMILES string of the molecule is O=C(CCCCCN1C(=O)[C@H]2C3c4ccccc4C(c4ccccc43)[C@@H]2C1=O)OCC(=O)c1ccc(OC(=O)c2ccc(Cl)c(Cl)c2)cc1. The van der Waals surface area contributed by atoms with E-state index in [0.29, 0.717) is 36.4 Å². The molecule has 4 aliphatic rings. The Bertz CT molecular complexity index is 1880. The number of hydrogen-bond donors (Lipinski definition) is 0. The molecule has 2 amide bonds. The first-order valence-electron chi connectivity index (χ1n) is 16.2. The van der Waals surface area contributed by atoms with Crippen LogP contribution in [0.5, 0.6) is 5.75 Å². The molecule has 4 aromatic rings. The summed E-state index contributed by atoms with van der Waals surface area (Å²) in [5.41, 5.74) is 5.10. The van der Waals surface area contributed by atoms with Gasteiger partial charge in [-0.15, -0.1) is 0 Å². The lowest BCUT2D eigenvalue weighted by Gasteiger charge is -2.45. The van der Waals surface area contributed by atoms with E-state index in [1.807, 2.05) is 24.3 Å². The minimum atomic E-state index is -0.632. The van der Waals surface area contributed by atoms with Gasteiger partial charge < -0.3 is 9.47 Å². The quantitative estimate of drug-likeness (QED) is 0.0529. The standard InChI is InChI=1S/C39H31Cl2NO7/c40-29-18-15-23(20-30(29)41)39(47)49-24-16-13-22(14-17-24)31(43)21-48-32(44)12-2-1-7-19-42-37(45)35-33-25-8-3-4-9-26(25)34(36(35)38(42)46)28-11-6-5-10-27(28)33/h3-6,8-11,13-18,20,33-36H,1-2,7,12,19,21H2/t33?,34?,35-,36-/m0/s1. The number of rotatable bonds is 11. The molecule has 1 heterocycles. The van der Waals surface area contributed by atoms with Crippen molar-refractivity contribution in [2.24, 2.45) is 11.8 Å². The molecule has 0 N–H and O–H groups in total. The third-order valence-corrected chi connectivity index (χ3v) is 10.4. The second-order valence-corrected chi connectivity index (χ2v) is 13.3. The molecule has 8 nitrogen and oxygen atoms in total. The number of benzene rings is 4. The Morgan fingerprint density at radius 3 is 1.76 bits per heavy atom. The molecule has 1 fully saturated rings. The van der Waals surface area contributed by atoms with Gasteiger partial charge in [0, 0.05) is 30.4 Å². The van der Waals surface area contributed by atoms with Gasteiger partial charge in [-0.3, -0.25) is 24.1 Å². The average molecular weight is 697 g/mol. The number of esters is 2. The van der Waals surface area contributed by atoms with Crippen molar-refractivity contribution in [3.8, 4) is 5.75 Å². The highest BCUT2D eigenvalue weighted by Gasteiger charge is 2.61. The number of carbonyl (C=O) groups excluding carboxylic acids is 5. The summed E-state index contributed by atoms with van der Waals surface area (Å²) in [7, 11) is 0. The van der Waals surface area contributed by atoms with Crippen molar-refractivity contribution in [2.45, 2.75) is 37.5 Å². The van der Waals surface area contributed by atoms with Crippen LogP contribution in [0.2, 0.25) is 10.0 Å². The van der Waals surface area contributed by atoms with Crippen LogP contribution in [0.25, 0.3) is 0 Å². The van der Waals surface area contributed by atoms with Crippen LogP contribution in [0.1, 0.15) is 80.5 Å². The van der Waals surface area contributed by atoms with Gasteiger partial charge in [0.25, 0.3) is 0 Å². The summed E-state index contributed by atoms with van der Waals surface area (Å²) in [5, 5.41) is 0.543. The van der Waals surface area contributed by atoms with Crippen molar-refractivity contribution in [2.75, 3.05) is 13.2 Å². The first kappa shape index (κ1) is 32.7. The van der Waals surface area contributed by atoms with E-state index in [2.05, 4.69) is 24.3 Å². The fourth-order valence-electron chi connectivity index (χ4n) is 7.47. The van der Waals surface area contributed by atoms with Crippen molar-refractivity contribution < 1.29 is 33.4 Å². The number of unbranched alkanes of at least 4 members (excludes halogenated alkanes) is 2. The Morgan fingerprint density at radius 2 is 1.20 bits per heavy atom. The van der Waals surface area contributed by atoms with Crippen LogP contribution in [0.3, 0.4) is 0 Å². The van der Waals surface area contributed by atoms with E-state index in [1.54, 1.807) is 0 Å². The molecule has 1 aliphatic heterocycles. The number of halogens is 2. The molecule has 248 valence electrons. The maximum Gasteiger partial charge on any atom is 0.343 e. The van der Waals surface area contributed by atoms with Crippen LogP contribution in [0.15, 0.2) is 91.0 Å². The van der Waals surface area contributed by atoms with Gasteiger partial charge in [-0.1, -0.05) is 78.2 Å². The van der Waals surface area contributed by atoms with E-state index in [4.69, 9.17) is 32.7 Å². The van der Waals surface area contributed by atoms with Gasteiger partial charge in [0.05, 0.1) is 27.4 Å². The van der Waals surface area contributed by atoms with Crippen molar-refractivity contribution in [3.63, 3.8) is 0 Å². The zero-order valence-corrected chi connectivity index (χ0v) is 27.8. The second kappa shape index (κ2) is 13.6. The predicted molar refractivity (Wildman–Crippen MR) is 182 cm³/mol. The number of carbonyl (C=O) groups is 5. The second-order valence-electron chi connectivity index (χ2n) is 12.5. The Labute approximate surface area is 292 Å². The number of ether oxygens (including phenoxy) is 2. The highest BCUT2D eigenvalue weighted by Crippen LogP contribution is 2.60. The predicted octanol–water partition coefficient (Wildman–Crippen LogP) is 7.39. The number of hydrogen-bond acceptors (Lipinski definition) is 7. The molecule has 2 atom stereocenters. The normalized spacial score (nSPS) is 20.0. The molecule has 8 rings (SSSR count). The first-order valence-corrected chi connectivity index (χ1v) is 17.0. The molecule has 0 radical (unpaired) electrons. The fraction of sp³-hybridized carbons (Fsp3) is 0.256. The number of Topliss-reactive ketones (excluding diaryl/α,β-unsaturated/α-hetero) is 1. The van der Waals surface area contributed by atoms with Crippen LogP contribution < -0.4 is 4.74 Å². The van der Waals surface area contributed by atoms with E-state index in [9.17, 15) is 24.0 Å². The third-order valence-electron chi connectivity index (χ3n) is 9.71. The monoisotopic (exact) mass is 695 g/mol. The molecule has 0 unspecified atom stereocenters. The van der Waals surface area contributed by atoms with Crippen LogP contribution >= 0.6 is 23.2 Å². The van der Waals surface area contributed by atoms with Crippen LogP contribution in [0, 0.1) is 11.8 Å². The van der Waals surface area contributed by atoms with E-state index >= 15 is 0 Å². The van der Waals surface area contributed by atoms with E-state index in [-0.39, 0.29) is 46.4 Å². The minimum Gasteiger partial charge on any atom is -0.457 e. The fourth-order valence-corrected chi connectivity index (χ4v) is 7.77. The molecule has 2 bridgehead atoms. The number of amides is 2. The Kier molecular flexibility index (Phi) is 9.09. The molecule has 4 aromatic carbocycles. The van der Waals surface area contributed by atoms with Gasteiger partial charge in [-0.2, -0.15) is 0 Å². The third kappa shape index (κ3) is 6.15. The Hall–Kier alpha value is -4.79. The molecule has 49 heavy (non-hydrogen) atoms. The maximum atomic E-state index is 13.7. The summed E-state index contributed by atoms with van der Waals surface area (Å²) in [5.74, 6) is -2.57. The lowest BCUT2D eigenvalue weighted by Crippen LogP contribution is -2.41. The topological polar surface area (TPSA) is 107 Å². The summed E-state index contributed by atoms with van der Waals surface area (Å²) in [6.07, 6.45) is 1.79. The highest BCUT2D eigenvalue weighted by atomic mass is 35.5. The lowest BCUT2D eigenvalue weighted by molar-refractivity contribution is -0.143. The van der Waals surface area contributed by atoms with Crippen LogP contribution in [-0.2, 0) is 19.1 Å². The lowest BCUT2D eigenvalue weighted by atomic mass is 9.55. The van der Waals surface area contributed by atoms with Gasteiger partial charge in [0.15, 0.2) is 12.4 Å². The number of imide groups is 1. The van der Waals surface area contributed by atoms with Gasteiger partial charge in [-0.25, -0.2) is 4.79 Å². The smallest absolute Gasteiger partial charge is 0.343 e. The van der Waals surface area contributed by atoms with Crippen molar-refractivity contribution in [3.05, 3.63) is 134 Å². The number of likely N-dealkylation sites (tertiary alicyclic amines) is 1. The Morgan fingerprint density at radius 1 is 0.653 bits per heavy atom. The highest BCUT2D eigenvalue weighted by molar-refractivity contribution is 6.42. The molecule has 0 aromatic heterocycles. The zero-order chi connectivity index (χ0) is 34.2. The molecule has 10 heteroatoms. The van der Waals surface area contributed by atoms with Gasteiger partial charge in [0.2, 0.25) is 11.8 Å². The molecule has 1 saturated heterocycles. The van der Waals surface area contributed by atoms with Gasteiger partial charge in [0.1, 0.15) is 5.75 Å². The van der Waals surface area contributed by atoms with E-state index in [1.165, 1.54) is 47.4 Å². The van der Waals surface area contributed by atoms with Crippen LogP contribution in [-0.4, -0.2) is 47.6 Å². The van der Waals surface area contributed by atoms with E-state index in [0.717, 1.165) is 22.3 Å². The van der Waals surface area contributed by atoms with Crippen LogP contribution in [0.4, 0.5) is 0 Å². The van der Waals surface area contributed by atoms with Crippen molar-refractivity contribution in [1.82, 2.24) is 4.90 Å². The zero-order valence-electron chi connectivity index (χ0n) is 26.3. The number of ketones is 1. The summed E-state index contributed by atoms with van der Waals surface area (Å²) < 4.78 is 10.5. The largest absolute Gasteiger partial charge is 0.457 e. The van der Waals surface area contributed by atoms with E-state index < -0.39 is 36.2 Å². The van der Waals surface area contributed by atoms with Crippen molar-refractivity contribution in [1.29, 1.82) is 0 Å². The molecule has 3 aliphatic carbocycles. The Balaban J connectivity index is 0.858. The first-order chi connectivity index (χ1) is 23.7.